The van der Waals surface area contributed by atoms with E-state index in [0.717, 1.165) is 6.42 Å². The molecule has 1 rings (SSSR count). The summed E-state index contributed by atoms with van der Waals surface area (Å²) in [5.74, 6) is 0. The van der Waals surface area contributed by atoms with Gasteiger partial charge in [-0.3, -0.25) is 0 Å². The average Bonchev–Trinajstić information content (AvgIpc) is 2.94. The van der Waals surface area contributed by atoms with E-state index in [-0.39, 0.29) is 12.2 Å². The largest absolute Gasteiger partial charge is 0.389 e. The predicted octanol–water partition coefficient (Wildman–Crippen LogP) is 0.914. The molecule has 13 heavy (non-hydrogen) atoms. The number of nitrogens with one attached hydrogen (secondary N) is 1. The third kappa shape index (κ3) is 5.24. The van der Waals surface area contributed by atoms with Crippen molar-refractivity contribution in [3.63, 3.8) is 0 Å². The standard InChI is InChI=1S/C10H21NO2/c1-3-8(2)13-7-10(12)6-11-9-4-5-9/h8-12H,3-7H2,1-2H3. The Morgan fingerprint density at radius 2 is 2.23 bits per heavy atom. The van der Waals surface area contributed by atoms with E-state index in [1.54, 1.807) is 0 Å². The van der Waals surface area contributed by atoms with Gasteiger partial charge in [-0.05, 0) is 26.2 Å². The van der Waals surface area contributed by atoms with Gasteiger partial charge in [0, 0.05) is 12.6 Å². The third-order valence-corrected chi connectivity index (χ3v) is 2.37. The van der Waals surface area contributed by atoms with Crippen molar-refractivity contribution < 1.29 is 9.84 Å². The fourth-order valence-electron chi connectivity index (χ4n) is 1.04. The van der Waals surface area contributed by atoms with Crippen LogP contribution in [0.25, 0.3) is 0 Å². The third-order valence-electron chi connectivity index (χ3n) is 2.37. The fourth-order valence-corrected chi connectivity index (χ4v) is 1.04. The van der Waals surface area contributed by atoms with Crippen LogP contribution in [-0.2, 0) is 4.74 Å². The maximum Gasteiger partial charge on any atom is 0.0897 e. The van der Waals surface area contributed by atoms with Crippen LogP contribution in [0.3, 0.4) is 0 Å². The van der Waals surface area contributed by atoms with Crippen molar-refractivity contribution in [1.29, 1.82) is 0 Å². The van der Waals surface area contributed by atoms with Crippen LogP contribution < -0.4 is 5.32 Å². The maximum absolute atomic E-state index is 9.48. The smallest absolute Gasteiger partial charge is 0.0897 e. The first kappa shape index (κ1) is 11.0. The summed E-state index contributed by atoms with van der Waals surface area (Å²) in [6.45, 7) is 5.23. The van der Waals surface area contributed by atoms with Gasteiger partial charge in [-0.2, -0.15) is 0 Å². The van der Waals surface area contributed by atoms with Crippen LogP contribution in [0, 0.1) is 0 Å². The van der Waals surface area contributed by atoms with E-state index in [0.29, 0.717) is 19.2 Å². The Hall–Kier alpha value is -0.120. The molecular weight excluding hydrogens is 166 g/mol. The van der Waals surface area contributed by atoms with Crippen LogP contribution in [0.1, 0.15) is 33.1 Å². The maximum atomic E-state index is 9.48. The number of aliphatic hydroxyl groups excluding tert-OH is 1. The zero-order chi connectivity index (χ0) is 9.68. The molecule has 0 spiro atoms. The molecule has 1 aliphatic carbocycles. The van der Waals surface area contributed by atoms with Crippen molar-refractivity contribution in [2.45, 2.75) is 51.4 Å². The van der Waals surface area contributed by atoms with Crippen LogP contribution in [0.5, 0.6) is 0 Å². The highest BCUT2D eigenvalue weighted by atomic mass is 16.5. The fraction of sp³-hybridized carbons (Fsp3) is 1.00. The van der Waals surface area contributed by atoms with Gasteiger partial charge in [-0.15, -0.1) is 0 Å². The average molecular weight is 187 g/mol. The minimum Gasteiger partial charge on any atom is -0.389 e. The lowest BCUT2D eigenvalue weighted by Gasteiger charge is -2.15. The molecule has 1 saturated carbocycles. The van der Waals surface area contributed by atoms with Gasteiger partial charge < -0.3 is 15.2 Å². The van der Waals surface area contributed by atoms with E-state index in [4.69, 9.17) is 4.74 Å². The highest BCUT2D eigenvalue weighted by molar-refractivity contribution is 4.81. The molecule has 1 fully saturated rings. The molecule has 0 amide bonds. The molecule has 3 heteroatoms. The van der Waals surface area contributed by atoms with Crippen LogP contribution in [-0.4, -0.2) is 36.5 Å². The van der Waals surface area contributed by atoms with Crippen molar-refractivity contribution in [1.82, 2.24) is 5.32 Å². The summed E-state index contributed by atoms with van der Waals surface area (Å²) >= 11 is 0. The van der Waals surface area contributed by atoms with E-state index < -0.39 is 0 Å². The second-order valence-corrected chi connectivity index (χ2v) is 3.89. The van der Waals surface area contributed by atoms with E-state index in [9.17, 15) is 5.11 Å². The molecule has 0 aromatic carbocycles. The molecule has 0 radical (unpaired) electrons. The normalized spacial score (nSPS) is 21.5. The second kappa shape index (κ2) is 5.58. The highest BCUT2D eigenvalue weighted by Gasteiger charge is 2.21. The minimum absolute atomic E-state index is 0.260. The lowest BCUT2D eigenvalue weighted by atomic mass is 10.3. The van der Waals surface area contributed by atoms with Gasteiger partial charge in [0.25, 0.3) is 0 Å². The summed E-state index contributed by atoms with van der Waals surface area (Å²) in [5.41, 5.74) is 0. The molecular formula is C10H21NO2. The first-order valence-corrected chi connectivity index (χ1v) is 5.25. The van der Waals surface area contributed by atoms with E-state index in [1.807, 2.05) is 6.92 Å². The molecule has 0 aromatic rings. The number of aliphatic hydroxyl groups is 1. The SMILES string of the molecule is CCC(C)OCC(O)CNC1CC1. The molecule has 0 aromatic heterocycles. The summed E-state index contributed by atoms with van der Waals surface area (Å²) in [5, 5.41) is 12.8. The molecule has 1 aliphatic rings. The van der Waals surface area contributed by atoms with Crippen molar-refractivity contribution in [3.8, 4) is 0 Å². The molecule has 2 atom stereocenters. The highest BCUT2D eigenvalue weighted by Crippen LogP contribution is 2.18. The van der Waals surface area contributed by atoms with Crippen molar-refractivity contribution in [2.75, 3.05) is 13.2 Å². The summed E-state index contributed by atoms with van der Waals surface area (Å²) in [6, 6.07) is 0.665. The molecule has 78 valence electrons. The Labute approximate surface area is 80.5 Å². The minimum atomic E-state index is -0.352. The van der Waals surface area contributed by atoms with Crippen LogP contribution in [0.2, 0.25) is 0 Å². The summed E-state index contributed by atoms with van der Waals surface area (Å²) < 4.78 is 5.42. The van der Waals surface area contributed by atoms with Crippen LogP contribution >= 0.6 is 0 Å². The summed E-state index contributed by atoms with van der Waals surface area (Å²) in [7, 11) is 0. The van der Waals surface area contributed by atoms with Crippen LogP contribution in [0.4, 0.5) is 0 Å². The van der Waals surface area contributed by atoms with Gasteiger partial charge >= 0.3 is 0 Å². The van der Waals surface area contributed by atoms with E-state index in [2.05, 4.69) is 12.2 Å². The summed E-state index contributed by atoms with van der Waals surface area (Å²) in [6.07, 6.45) is 3.44. The van der Waals surface area contributed by atoms with Gasteiger partial charge in [0.05, 0.1) is 18.8 Å². The number of hydrogen-bond donors (Lipinski definition) is 2. The molecule has 0 saturated heterocycles. The Kier molecular flexibility index (Phi) is 4.70. The number of ether oxygens (including phenoxy) is 1. The van der Waals surface area contributed by atoms with Crippen molar-refractivity contribution in [3.05, 3.63) is 0 Å². The van der Waals surface area contributed by atoms with Gasteiger partial charge in [0.15, 0.2) is 0 Å². The molecule has 2 N–H and O–H groups in total. The zero-order valence-corrected chi connectivity index (χ0v) is 8.62. The lowest BCUT2D eigenvalue weighted by molar-refractivity contribution is -0.00229. The Balaban J connectivity index is 1.92. The molecule has 0 aliphatic heterocycles. The Morgan fingerprint density at radius 1 is 1.54 bits per heavy atom. The number of hydrogen-bond acceptors (Lipinski definition) is 3. The van der Waals surface area contributed by atoms with Gasteiger partial charge in [-0.1, -0.05) is 6.92 Å². The molecule has 2 unspecified atom stereocenters. The summed E-state index contributed by atoms with van der Waals surface area (Å²) in [4.78, 5) is 0. The van der Waals surface area contributed by atoms with Crippen molar-refractivity contribution in [2.24, 2.45) is 0 Å². The topological polar surface area (TPSA) is 41.5 Å². The quantitative estimate of drug-likeness (QED) is 0.622. The Morgan fingerprint density at radius 3 is 2.77 bits per heavy atom. The molecule has 0 heterocycles. The lowest BCUT2D eigenvalue weighted by Crippen LogP contribution is -2.32. The van der Waals surface area contributed by atoms with Crippen LogP contribution in [0.15, 0.2) is 0 Å². The monoisotopic (exact) mass is 187 g/mol. The first-order chi connectivity index (χ1) is 6.22. The van der Waals surface area contributed by atoms with E-state index >= 15 is 0 Å². The Bertz CT molecular complexity index is 137. The van der Waals surface area contributed by atoms with E-state index in [1.165, 1.54) is 12.8 Å². The predicted molar refractivity (Wildman–Crippen MR) is 52.7 cm³/mol. The van der Waals surface area contributed by atoms with Gasteiger partial charge in [0.1, 0.15) is 0 Å². The van der Waals surface area contributed by atoms with Gasteiger partial charge in [0.2, 0.25) is 0 Å². The van der Waals surface area contributed by atoms with Crippen molar-refractivity contribution >= 4 is 0 Å². The molecule has 3 nitrogen and oxygen atoms in total. The second-order valence-electron chi connectivity index (χ2n) is 3.89. The zero-order valence-electron chi connectivity index (χ0n) is 8.62. The first-order valence-electron chi connectivity index (χ1n) is 5.25. The molecule has 0 bridgehead atoms. The van der Waals surface area contributed by atoms with Gasteiger partial charge in [-0.25, -0.2) is 0 Å². The number of rotatable bonds is 7.